The van der Waals surface area contributed by atoms with Crippen LogP contribution >= 0.6 is 11.6 Å². The number of hydrogen-bond donors (Lipinski definition) is 1. The molecule has 0 aromatic heterocycles. The van der Waals surface area contributed by atoms with Crippen molar-refractivity contribution in [2.45, 2.75) is 6.92 Å². The molecular formula is C16H14ClNO3. The summed E-state index contributed by atoms with van der Waals surface area (Å²) in [6.45, 7) is 1.31. The van der Waals surface area contributed by atoms with Gasteiger partial charge in [-0.1, -0.05) is 35.9 Å². The number of rotatable bonds is 5. The fourth-order valence-corrected chi connectivity index (χ4v) is 1.91. The molecule has 108 valence electrons. The number of benzene rings is 2. The van der Waals surface area contributed by atoms with E-state index in [1.807, 2.05) is 0 Å². The van der Waals surface area contributed by atoms with Crippen LogP contribution in [-0.2, 0) is 4.79 Å². The zero-order valence-corrected chi connectivity index (χ0v) is 12.2. The average Bonchev–Trinajstić information content (AvgIpc) is 2.46. The molecule has 0 bridgehead atoms. The van der Waals surface area contributed by atoms with E-state index in [0.29, 0.717) is 22.0 Å². The van der Waals surface area contributed by atoms with Gasteiger partial charge in [0.05, 0.1) is 5.02 Å². The molecule has 1 N–H and O–H groups in total. The van der Waals surface area contributed by atoms with E-state index in [1.165, 1.54) is 6.92 Å². The summed E-state index contributed by atoms with van der Waals surface area (Å²) >= 11 is 5.93. The van der Waals surface area contributed by atoms with Gasteiger partial charge in [-0.05, 0) is 31.2 Å². The summed E-state index contributed by atoms with van der Waals surface area (Å²) in [4.78, 5) is 23.1. The highest BCUT2D eigenvalue weighted by atomic mass is 35.5. The smallest absolute Gasteiger partial charge is 0.262 e. The lowest BCUT2D eigenvalue weighted by molar-refractivity contribution is -0.118. The van der Waals surface area contributed by atoms with E-state index in [4.69, 9.17) is 16.3 Å². The normalized spacial score (nSPS) is 10.0. The summed E-state index contributed by atoms with van der Waals surface area (Å²) in [5.74, 6) is 0.0702. The van der Waals surface area contributed by atoms with Crippen LogP contribution in [0.3, 0.4) is 0 Å². The van der Waals surface area contributed by atoms with Gasteiger partial charge in [0.1, 0.15) is 5.75 Å². The third-order valence-corrected chi connectivity index (χ3v) is 3.06. The lowest BCUT2D eigenvalue weighted by Gasteiger charge is -2.09. The predicted molar refractivity (Wildman–Crippen MR) is 82.0 cm³/mol. The van der Waals surface area contributed by atoms with Gasteiger partial charge in [0.25, 0.3) is 5.91 Å². The van der Waals surface area contributed by atoms with Crippen LogP contribution in [-0.4, -0.2) is 18.3 Å². The number of anilines is 1. The third kappa shape index (κ3) is 4.33. The van der Waals surface area contributed by atoms with Crippen molar-refractivity contribution >= 4 is 29.0 Å². The summed E-state index contributed by atoms with van der Waals surface area (Å²) in [6.07, 6.45) is 0. The summed E-state index contributed by atoms with van der Waals surface area (Å²) in [5.41, 5.74) is 1.09. The van der Waals surface area contributed by atoms with Gasteiger partial charge in [-0.15, -0.1) is 0 Å². The molecule has 0 aliphatic rings. The molecule has 21 heavy (non-hydrogen) atoms. The van der Waals surface area contributed by atoms with E-state index < -0.39 is 0 Å². The van der Waals surface area contributed by atoms with Crippen LogP contribution in [0, 0.1) is 0 Å². The second-order valence-electron chi connectivity index (χ2n) is 4.40. The van der Waals surface area contributed by atoms with Gasteiger partial charge < -0.3 is 10.1 Å². The van der Waals surface area contributed by atoms with E-state index in [-0.39, 0.29) is 18.3 Å². The average molecular weight is 304 g/mol. The maximum absolute atomic E-state index is 11.8. The highest BCUT2D eigenvalue weighted by Gasteiger charge is 2.07. The number of hydrogen-bond acceptors (Lipinski definition) is 3. The number of para-hydroxylation sites is 1. The number of ether oxygens (including phenoxy) is 1. The number of carbonyl (C=O) groups is 2. The van der Waals surface area contributed by atoms with Crippen LogP contribution in [0.1, 0.15) is 17.3 Å². The number of amides is 1. The minimum absolute atomic E-state index is 0.0570. The fourth-order valence-electron chi connectivity index (χ4n) is 1.72. The predicted octanol–water partition coefficient (Wildman–Crippen LogP) is 3.56. The molecule has 0 atom stereocenters. The molecule has 0 radical (unpaired) electrons. The molecule has 1 amide bonds. The Labute approximate surface area is 127 Å². The van der Waals surface area contributed by atoms with Gasteiger partial charge in [-0.2, -0.15) is 0 Å². The molecule has 0 saturated heterocycles. The third-order valence-electron chi connectivity index (χ3n) is 2.75. The highest BCUT2D eigenvalue weighted by molar-refractivity contribution is 6.32. The molecular weight excluding hydrogens is 290 g/mol. The SMILES string of the molecule is CC(=O)c1cccc(NC(=O)COc2ccccc2Cl)c1. The Morgan fingerprint density at radius 2 is 1.90 bits per heavy atom. The van der Waals surface area contributed by atoms with E-state index in [2.05, 4.69) is 5.32 Å². The molecule has 0 saturated carbocycles. The van der Waals surface area contributed by atoms with Gasteiger partial charge in [-0.3, -0.25) is 9.59 Å². The second-order valence-corrected chi connectivity index (χ2v) is 4.81. The topological polar surface area (TPSA) is 55.4 Å². The first-order chi connectivity index (χ1) is 10.1. The summed E-state index contributed by atoms with van der Waals surface area (Å²) < 4.78 is 5.34. The largest absolute Gasteiger partial charge is 0.482 e. The van der Waals surface area contributed by atoms with E-state index in [0.717, 1.165) is 0 Å². The Hall–Kier alpha value is -2.33. The van der Waals surface area contributed by atoms with Crippen molar-refractivity contribution in [2.24, 2.45) is 0 Å². The van der Waals surface area contributed by atoms with Crippen molar-refractivity contribution in [1.29, 1.82) is 0 Å². The van der Waals surface area contributed by atoms with Gasteiger partial charge in [0.2, 0.25) is 0 Å². The summed E-state index contributed by atoms with van der Waals surface area (Å²) in [7, 11) is 0. The molecule has 0 fully saturated rings. The first kappa shape index (κ1) is 15.1. The van der Waals surface area contributed by atoms with Crippen LogP contribution in [0.5, 0.6) is 5.75 Å². The minimum Gasteiger partial charge on any atom is -0.482 e. The van der Waals surface area contributed by atoms with Gasteiger partial charge in [-0.25, -0.2) is 0 Å². The van der Waals surface area contributed by atoms with Crippen molar-refractivity contribution in [2.75, 3.05) is 11.9 Å². The molecule has 0 aliphatic heterocycles. The fraction of sp³-hybridized carbons (Fsp3) is 0.125. The molecule has 5 heteroatoms. The van der Waals surface area contributed by atoms with Gasteiger partial charge in [0.15, 0.2) is 12.4 Å². The van der Waals surface area contributed by atoms with E-state index in [1.54, 1.807) is 48.5 Å². The van der Waals surface area contributed by atoms with Crippen molar-refractivity contribution in [3.63, 3.8) is 0 Å². The molecule has 4 nitrogen and oxygen atoms in total. The molecule has 2 rings (SSSR count). The molecule has 0 heterocycles. The molecule has 0 unspecified atom stereocenters. The standard InChI is InChI=1S/C16H14ClNO3/c1-11(19)12-5-4-6-13(9-12)18-16(20)10-21-15-8-3-2-7-14(15)17/h2-9H,10H2,1H3,(H,18,20). The first-order valence-electron chi connectivity index (χ1n) is 6.34. The quantitative estimate of drug-likeness (QED) is 0.859. The Kier molecular flexibility index (Phi) is 4.95. The van der Waals surface area contributed by atoms with Crippen molar-refractivity contribution in [3.05, 3.63) is 59.1 Å². The van der Waals surface area contributed by atoms with Crippen LogP contribution in [0.25, 0.3) is 0 Å². The lowest BCUT2D eigenvalue weighted by atomic mass is 10.1. The van der Waals surface area contributed by atoms with Crippen LogP contribution in [0.2, 0.25) is 5.02 Å². The monoisotopic (exact) mass is 303 g/mol. The number of halogens is 1. The maximum atomic E-state index is 11.8. The molecule has 0 spiro atoms. The zero-order chi connectivity index (χ0) is 15.2. The second kappa shape index (κ2) is 6.90. The molecule has 0 aliphatic carbocycles. The Morgan fingerprint density at radius 3 is 2.62 bits per heavy atom. The summed E-state index contributed by atoms with van der Waals surface area (Å²) in [5, 5.41) is 3.12. The van der Waals surface area contributed by atoms with Crippen LogP contribution in [0.4, 0.5) is 5.69 Å². The Morgan fingerprint density at radius 1 is 1.14 bits per heavy atom. The summed E-state index contributed by atoms with van der Waals surface area (Å²) in [6, 6.07) is 13.7. The number of ketones is 1. The number of nitrogens with one attached hydrogen (secondary N) is 1. The van der Waals surface area contributed by atoms with Gasteiger partial charge >= 0.3 is 0 Å². The molecule has 2 aromatic rings. The van der Waals surface area contributed by atoms with E-state index in [9.17, 15) is 9.59 Å². The highest BCUT2D eigenvalue weighted by Crippen LogP contribution is 2.23. The van der Waals surface area contributed by atoms with Crippen LogP contribution < -0.4 is 10.1 Å². The maximum Gasteiger partial charge on any atom is 0.262 e. The molecule has 2 aromatic carbocycles. The number of Topliss-reactive ketones (excluding diaryl/α,β-unsaturated/α-hetero) is 1. The van der Waals surface area contributed by atoms with Crippen molar-refractivity contribution < 1.29 is 14.3 Å². The lowest BCUT2D eigenvalue weighted by Crippen LogP contribution is -2.20. The Balaban J connectivity index is 1.95. The number of carbonyl (C=O) groups excluding carboxylic acids is 2. The van der Waals surface area contributed by atoms with E-state index >= 15 is 0 Å². The van der Waals surface area contributed by atoms with Crippen LogP contribution in [0.15, 0.2) is 48.5 Å². The van der Waals surface area contributed by atoms with Crippen molar-refractivity contribution in [3.8, 4) is 5.75 Å². The Bertz CT molecular complexity index is 670. The van der Waals surface area contributed by atoms with Gasteiger partial charge in [0, 0.05) is 11.3 Å². The van der Waals surface area contributed by atoms with Crippen molar-refractivity contribution in [1.82, 2.24) is 0 Å². The first-order valence-corrected chi connectivity index (χ1v) is 6.72. The zero-order valence-electron chi connectivity index (χ0n) is 11.4. The minimum atomic E-state index is -0.323.